The Morgan fingerprint density at radius 3 is 2.85 bits per heavy atom. The van der Waals surface area contributed by atoms with Crippen LogP contribution in [0.3, 0.4) is 0 Å². The molecule has 0 atom stereocenters. The number of thiocarbonyl (C=S) groups is 1. The molecule has 0 radical (unpaired) electrons. The van der Waals surface area contributed by atoms with Gasteiger partial charge in [-0.2, -0.15) is 4.80 Å². The predicted octanol–water partition coefficient (Wildman–Crippen LogP) is 3.39. The van der Waals surface area contributed by atoms with E-state index in [1.165, 1.54) is 10.9 Å². The fourth-order valence-corrected chi connectivity index (χ4v) is 2.58. The Balaban J connectivity index is 1.68. The van der Waals surface area contributed by atoms with Gasteiger partial charge in [-0.05, 0) is 54.7 Å². The van der Waals surface area contributed by atoms with Crippen LogP contribution < -0.4 is 10.6 Å². The summed E-state index contributed by atoms with van der Waals surface area (Å²) in [6.07, 6.45) is 0. The standard InChI is InChI=1S/C15H12Cl2N6O2S/c1-2-23-21-14(20-22-23)19-15(26)18-13(24)12-6-5-11(25-12)9-7-8(16)3-4-10(9)17/h3-7H,2H2,1H3,(H2,18,19,21,24,26). The van der Waals surface area contributed by atoms with Crippen molar-refractivity contribution in [3.63, 3.8) is 0 Å². The molecule has 0 aliphatic heterocycles. The predicted molar refractivity (Wildman–Crippen MR) is 101 cm³/mol. The molecule has 8 nitrogen and oxygen atoms in total. The number of hydrogen-bond acceptors (Lipinski definition) is 6. The maximum atomic E-state index is 12.3. The molecule has 3 rings (SSSR count). The molecule has 1 aromatic carbocycles. The third-order valence-corrected chi connectivity index (χ3v) is 3.98. The van der Waals surface area contributed by atoms with Crippen molar-refractivity contribution in [3.05, 3.63) is 46.1 Å². The highest BCUT2D eigenvalue weighted by Gasteiger charge is 2.16. The van der Waals surface area contributed by atoms with Crippen LogP contribution in [-0.4, -0.2) is 31.2 Å². The number of rotatable bonds is 4. The van der Waals surface area contributed by atoms with Gasteiger partial charge in [0.15, 0.2) is 10.9 Å². The highest BCUT2D eigenvalue weighted by Crippen LogP contribution is 2.31. The van der Waals surface area contributed by atoms with Crippen molar-refractivity contribution in [2.45, 2.75) is 13.5 Å². The van der Waals surface area contributed by atoms with Gasteiger partial charge in [0.2, 0.25) is 0 Å². The van der Waals surface area contributed by atoms with Crippen molar-refractivity contribution in [1.82, 2.24) is 25.5 Å². The number of nitrogens with one attached hydrogen (secondary N) is 2. The third-order valence-electron chi connectivity index (χ3n) is 3.21. The van der Waals surface area contributed by atoms with E-state index < -0.39 is 5.91 Å². The van der Waals surface area contributed by atoms with Gasteiger partial charge < -0.3 is 4.42 Å². The smallest absolute Gasteiger partial charge is 0.293 e. The van der Waals surface area contributed by atoms with E-state index in [-0.39, 0.29) is 16.8 Å². The summed E-state index contributed by atoms with van der Waals surface area (Å²) in [5.41, 5.74) is 0.583. The summed E-state index contributed by atoms with van der Waals surface area (Å²) in [5, 5.41) is 17.6. The average Bonchev–Trinajstić information content (AvgIpc) is 3.26. The normalized spacial score (nSPS) is 10.6. The molecule has 0 saturated heterocycles. The zero-order chi connectivity index (χ0) is 18.7. The Labute approximate surface area is 163 Å². The van der Waals surface area contributed by atoms with Gasteiger partial charge in [0.25, 0.3) is 11.9 Å². The number of aryl methyl sites for hydroxylation is 1. The molecule has 2 aromatic heterocycles. The zero-order valence-corrected chi connectivity index (χ0v) is 15.7. The minimum Gasteiger partial charge on any atom is -0.451 e. The van der Waals surface area contributed by atoms with Crippen LogP contribution in [0.4, 0.5) is 5.95 Å². The zero-order valence-electron chi connectivity index (χ0n) is 13.4. The van der Waals surface area contributed by atoms with E-state index in [1.807, 2.05) is 6.92 Å². The first kappa shape index (κ1) is 18.3. The first-order valence-electron chi connectivity index (χ1n) is 7.41. The highest BCUT2D eigenvalue weighted by molar-refractivity contribution is 7.80. The van der Waals surface area contributed by atoms with E-state index in [9.17, 15) is 4.79 Å². The number of benzene rings is 1. The van der Waals surface area contributed by atoms with Crippen LogP contribution in [0.5, 0.6) is 0 Å². The average molecular weight is 411 g/mol. The van der Waals surface area contributed by atoms with Crippen molar-refractivity contribution in [2.75, 3.05) is 5.32 Å². The molecule has 134 valence electrons. The van der Waals surface area contributed by atoms with Crippen molar-refractivity contribution in [3.8, 4) is 11.3 Å². The molecule has 2 heterocycles. The van der Waals surface area contributed by atoms with E-state index in [0.29, 0.717) is 27.9 Å². The lowest BCUT2D eigenvalue weighted by atomic mass is 10.2. The fraction of sp³-hybridized carbons (Fsp3) is 0.133. The molecular weight excluding hydrogens is 399 g/mol. The molecule has 0 aliphatic carbocycles. The number of anilines is 1. The summed E-state index contributed by atoms with van der Waals surface area (Å²) in [7, 11) is 0. The van der Waals surface area contributed by atoms with Gasteiger partial charge in [-0.25, -0.2) is 0 Å². The summed E-state index contributed by atoms with van der Waals surface area (Å²) in [4.78, 5) is 13.6. The number of carbonyl (C=O) groups is 1. The minimum absolute atomic E-state index is 0.0180. The molecule has 2 N–H and O–H groups in total. The lowest BCUT2D eigenvalue weighted by Crippen LogP contribution is -2.34. The molecule has 0 spiro atoms. The Bertz CT molecular complexity index is 971. The Morgan fingerprint density at radius 2 is 2.12 bits per heavy atom. The third kappa shape index (κ3) is 4.18. The van der Waals surface area contributed by atoms with Gasteiger partial charge in [0.1, 0.15) is 5.76 Å². The number of amides is 1. The largest absolute Gasteiger partial charge is 0.451 e. The van der Waals surface area contributed by atoms with E-state index >= 15 is 0 Å². The first-order valence-corrected chi connectivity index (χ1v) is 8.58. The molecule has 1 amide bonds. The molecule has 0 bridgehead atoms. The summed E-state index contributed by atoms with van der Waals surface area (Å²) in [6.45, 7) is 2.43. The number of nitrogens with zero attached hydrogens (tertiary/aromatic N) is 4. The van der Waals surface area contributed by atoms with E-state index in [4.69, 9.17) is 39.8 Å². The van der Waals surface area contributed by atoms with Crippen LogP contribution in [0.15, 0.2) is 34.7 Å². The molecule has 26 heavy (non-hydrogen) atoms. The second-order valence-corrected chi connectivity index (χ2v) is 6.25. The molecule has 0 saturated carbocycles. The van der Waals surface area contributed by atoms with E-state index in [0.717, 1.165) is 0 Å². The maximum Gasteiger partial charge on any atom is 0.293 e. The molecular formula is C15H12Cl2N6O2S. The van der Waals surface area contributed by atoms with Gasteiger partial charge in [-0.1, -0.05) is 28.3 Å². The number of halogens is 2. The molecule has 0 fully saturated rings. The van der Waals surface area contributed by atoms with Gasteiger partial charge in [0, 0.05) is 10.6 Å². The maximum absolute atomic E-state index is 12.3. The lowest BCUT2D eigenvalue weighted by molar-refractivity contribution is 0.0951. The quantitative estimate of drug-likeness (QED) is 0.635. The van der Waals surface area contributed by atoms with Crippen LogP contribution in [0.25, 0.3) is 11.3 Å². The minimum atomic E-state index is -0.533. The Kier molecular flexibility index (Phi) is 5.50. The number of furan rings is 1. The summed E-state index contributed by atoms with van der Waals surface area (Å²) < 4.78 is 5.55. The monoisotopic (exact) mass is 410 g/mol. The second-order valence-electron chi connectivity index (χ2n) is 5.00. The van der Waals surface area contributed by atoms with Crippen LogP contribution >= 0.6 is 35.4 Å². The van der Waals surface area contributed by atoms with Crippen LogP contribution in [0.1, 0.15) is 17.5 Å². The SMILES string of the molecule is CCn1nnc(NC(=S)NC(=O)c2ccc(-c3cc(Cl)ccc3Cl)o2)n1. The van der Waals surface area contributed by atoms with Crippen molar-refractivity contribution in [2.24, 2.45) is 0 Å². The van der Waals surface area contributed by atoms with Crippen LogP contribution in [0.2, 0.25) is 10.0 Å². The van der Waals surface area contributed by atoms with Crippen molar-refractivity contribution < 1.29 is 9.21 Å². The number of aromatic nitrogens is 4. The Hall–Kier alpha value is -2.49. The lowest BCUT2D eigenvalue weighted by Gasteiger charge is -2.05. The van der Waals surface area contributed by atoms with Crippen molar-refractivity contribution in [1.29, 1.82) is 0 Å². The van der Waals surface area contributed by atoms with Gasteiger partial charge in [0.05, 0.1) is 11.6 Å². The second kappa shape index (κ2) is 7.81. The fourth-order valence-electron chi connectivity index (χ4n) is 2.02. The van der Waals surface area contributed by atoms with Crippen LogP contribution in [0, 0.1) is 0 Å². The highest BCUT2D eigenvalue weighted by atomic mass is 35.5. The number of carbonyl (C=O) groups excluding carboxylic acids is 1. The van der Waals surface area contributed by atoms with E-state index in [2.05, 4.69) is 26.0 Å². The van der Waals surface area contributed by atoms with Gasteiger partial charge in [-0.15, -0.1) is 5.10 Å². The van der Waals surface area contributed by atoms with Crippen molar-refractivity contribution >= 4 is 52.4 Å². The van der Waals surface area contributed by atoms with E-state index in [1.54, 1.807) is 24.3 Å². The first-order chi connectivity index (χ1) is 12.5. The molecule has 11 heteroatoms. The molecule has 0 aliphatic rings. The Morgan fingerprint density at radius 1 is 1.31 bits per heavy atom. The van der Waals surface area contributed by atoms with Crippen LogP contribution in [-0.2, 0) is 6.54 Å². The topological polar surface area (TPSA) is 97.9 Å². The summed E-state index contributed by atoms with van der Waals surface area (Å²) in [5.74, 6) is 0.122. The van der Waals surface area contributed by atoms with Gasteiger partial charge >= 0.3 is 0 Å². The summed E-state index contributed by atoms with van der Waals surface area (Å²) >= 11 is 17.2. The number of hydrogen-bond donors (Lipinski definition) is 2. The van der Waals surface area contributed by atoms with Gasteiger partial charge in [-0.3, -0.25) is 15.4 Å². The molecule has 0 unspecified atom stereocenters. The summed E-state index contributed by atoms with van der Waals surface area (Å²) in [6, 6.07) is 8.10. The number of tetrazole rings is 1. The molecule has 3 aromatic rings.